The van der Waals surface area contributed by atoms with Gasteiger partial charge in [-0.05, 0) is 40.1 Å². The second kappa shape index (κ2) is 5.52. The first-order valence-electron chi connectivity index (χ1n) is 6.79. The highest BCUT2D eigenvalue weighted by molar-refractivity contribution is 5.97. The van der Waals surface area contributed by atoms with Gasteiger partial charge in [-0.2, -0.15) is 5.26 Å². The molecule has 3 heteroatoms. The number of likely N-dealkylation sites (N-methyl/N-ethyl adjacent to an activating group) is 1. The Morgan fingerprint density at radius 2 is 1.75 bits per heavy atom. The van der Waals surface area contributed by atoms with Crippen molar-refractivity contribution in [2.45, 2.75) is 19.4 Å². The van der Waals surface area contributed by atoms with Gasteiger partial charge in [0.05, 0.1) is 11.6 Å². The van der Waals surface area contributed by atoms with Crippen molar-refractivity contribution in [3.8, 4) is 6.07 Å². The summed E-state index contributed by atoms with van der Waals surface area (Å²) in [7, 11) is 4.16. The van der Waals surface area contributed by atoms with E-state index in [1.165, 1.54) is 0 Å². The van der Waals surface area contributed by atoms with Crippen LogP contribution in [0.3, 0.4) is 0 Å². The summed E-state index contributed by atoms with van der Waals surface area (Å²) in [4.78, 5) is 2.20. The average molecular weight is 267 g/mol. The lowest BCUT2D eigenvalue weighted by Gasteiger charge is -2.33. The molecule has 0 aliphatic carbocycles. The minimum absolute atomic E-state index is 0.0645. The van der Waals surface area contributed by atoms with E-state index in [4.69, 9.17) is 0 Å². The molecule has 0 saturated carbocycles. The molecule has 0 heterocycles. The Morgan fingerprint density at radius 3 is 2.35 bits per heavy atom. The number of anilines is 1. The van der Waals surface area contributed by atoms with E-state index in [-0.39, 0.29) is 5.54 Å². The van der Waals surface area contributed by atoms with Crippen LogP contribution < -0.4 is 5.32 Å². The Balaban J connectivity index is 2.35. The second-order valence-corrected chi connectivity index (χ2v) is 5.88. The molecule has 2 rings (SSSR count). The van der Waals surface area contributed by atoms with Gasteiger partial charge in [0.25, 0.3) is 0 Å². The van der Waals surface area contributed by atoms with E-state index in [2.05, 4.69) is 50.3 Å². The van der Waals surface area contributed by atoms with Gasteiger partial charge >= 0.3 is 0 Å². The molecule has 2 aromatic rings. The molecule has 20 heavy (non-hydrogen) atoms. The third-order valence-electron chi connectivity index (χ3n) is 3.97. The van der Waals surface area contributed by atoms with E-state index >= 15 is 0 Å². The Labute approximate surface area is 120 Å². The fourth-order valence-corrected chi connectivity index (χ4v) is 2.02. The molecule has 0 unspecified atom stereocenters. The van der Waals surface area contributed by atoms with Gasteiger partial charge in [0.1, 0.15) is 0 Å². The first kappa shape index (κ1) is 14.4. The molecule has 0 spiro atoms. The Morgan fingerprint density at radius 1 is 1.10 bits per heavy atom. The largest absolute Gasteiger partial charge is 0.383 e. The third-order valence-corrected chi connectivity index (χ3v) is 3.97. The van der Waals surface area contributed by atoms with Gasteiger partial charge in [-0.15, -0.1) is 0 Å². The monoisotopic (exact) mass is 267 g/mol. The number of hydrogen-bond donors (Lipinski definition) is 1. The van der Waals surface area contributed by atoms with E-state index in [1.807, 2.05) is 30.3 Å². The highest BCUT2D eigenvalue weighted by Gasteiger charge is 2.20. The van der Waals surface area contributed by atoms with E-state index in [1.54, 1.807) is 0 Å². The van der Waals surface area contributed by atoms with Crippen molar-refractivity contribution < 1.29 is 0 Å². The molecule has 0 aliphatic heterocycles. The van der Waals surface area contributed by atoms with Crippen LogP contribution >= 0.6 is 0 Å². The minimum atomic E-state index is 0.0645. The average Bonchev–Trinajstić information content (AvgIpc) is 2.44. The van der Waals surface area contributed by atoms with Crippen molar-refractivity contribution in [1.82, 2.24) is 4.90 Å². The molecule has 3 nitrogen and oxygen atoms in total. The van der Waals surface area contributed by atoms with Crippen LogP contribution in [0, 0.1) is 11.3 Å². The molecule has 0 aromatic heterocycles. The molecule has 0 radical (unpaired) electrons. The summed E-state index contributed by atoms with van der Waals surface area (Å²) in [5.74, 6) is 0. The van der Waals surface area contributed by atoms with Crippen molar-refractivity contribution in [2.75, 3.05) is 26.0 Å². The fourth-order valence-electron chi connectivity index (χ4n) is 2.02. The van der Waals surface area contributed by atoms with Crippen LogP contribution in [0.25, 0.3) is 10.8 Å². The summed E-state index contributed by atoms with van der Waals surface area (Å²) in [6.07, 6.45) is 0. The van der Waals surface area contributed by atoms with E-state index in [0.717, 1.165) is 28.6 Å². The molecular weight excluding hydrogens is 246 g/mol. The number of benzene rings is 2. The molecule has 0 fully saturated rings. The number of hydrogen-bond acceptors (Lipinski definition) is 3. The predicted octanol–water partition coefficient (Wildman–Crippen LogP) is 3.46. The number of nitrogens with one attached hydrogen (secondary N) is 1. The van der Waals surface area contributed by atoms with Gasteiger partial charge in [0.15, 0.2) is 0 Å². The highest BCUT2D eigenvalue weighted by Crippen LogP contribution is 2.27. The zero-order valence-corrected chi connectivity index (χ0v) is 12.6. The van der Waals surface area contributed by atoms with Crippen LogP contribution in [0.1, 0.15) is 19.4 Å². The number of fused-ring (bicyclic) bond motifs is 1. The third kappa shape index (κ3) is 2.76. The highest BCUT2D eigenvalue weighted by atomic mass is 15.2. The standard InChI is InChI=1S/C17H21N3/c1-17(2,20(3)4)12-19-16-10-9-13(11-18)14-7-5-6-8-15(14)16/h5-10,19H,12H2,1-4H3. The molecule has 0 saturated heterocycles. The molecular formula is C17H21N3. The lowest BCUT2D eigenvalue weighted by Crippen LogP contribution is -2.44. The molecule has 0 atom stereocenters. The molecule has 0 amide bonds. The van der Waals surface area contributed by atoms with Crippen molar-refractivity contribution in [3.05, 3.63) is 42.0 Å². The molecule has 2 aromatic carbocycles. The van der Waals surface area contributed by atoms with Crippen LogP contribution in [0.15, 0.2) is 36.4 Å². The maximum atomic E-state index is 9.18. The topological polar surface area (TPSA) is 39.1 Å². The summed E-state index contributed by atoms with van der Waals surface area (Å²) in [5, 5.41) is 14.8. The Kier molecular flexibility index (Phi) is 3.96. The van der Waals surface area contributed by atoms with Gasteiger partial charge in [-0.1, -0.05) is 24.3 Å². The van der Waals surface area contributed by atoms with Gasteiger partial charge in [-0.3, -0.25) is 0 Å². The summed E-state index contributed by atoms with van der Waals surface area (Å²) >= 11 is 0. The van der Waals surface area contributed by atoms with E-state index in [0.29, 0.717) is 0 Å². The number of nitriles is 1. The fraction of sp³-hybridized carbons (Fsp3) is 0.353. The van der Waals surface area contributed by atoms with Crippen molar-refractivity contribution in [3.63, 3.8) is 0 Å². The predicted molar refractivity (Wildman–Crippen MR) is 84.9 cm³/mol. The van der Waals surface area contributed by atoms with Crippen LogP contribution in [-0.4, -0.2) is 31.1 Å². The van der Waals surface area contributed by atoms with Gasteiger partial charge in [0, 0.05) is 28.5 Å². The Bertz CT molecular complexity index is 651. The summed E-state index contributed by atoms with van der Waals surface area (Å²) in [5.41, 5.74) is 1.86. The van der Waals surface area contributed by atoms with Gasteiger partial charge < -0.3 is 10.2 Å². The Hall–Kier alpha value is -2.05. The second-order valence-electron chi connectivity index (χ2n) is 5.88. The van der Waals surface area contributed by atoms with Crippen molar-refractivity contribution in [1.29, 1.82) is 5.26 Å². The molecule has 104 valence electrons. The normalized spacial score (nSPS) is 11.6. The number of rotatable bonds is 4. The zero-order valence-electron chi connectivity index (χ0n) is 12.6. The quantitative estimate of drug-likeness (QED) is 0.922. The van der Waals surface area contributed by atoms with Crippen LogP contribution in [0.4, 0.5) is 5.69 Å². The lowest BCUT2D eigenvalue weighted by molar-refractivity contribution is 0.210. The SMILES string of the molecule is CN(C)C(C)(C)CNc1ccc(C#N)c2ccccc12. The lowest BCUT2D eigenvalue weighted by atomic mass is 10.0. The molecule has 0 aliphatic rings. The van der Waals surface area contributed by atoms with Gasteiger partial charge in [0.2, 0.25) is 0 Å². The number of nitrogens with zero attached hydrogens (tertiary/aromatic N) is 2. The van der Waals surface area contributed by atoms with E-state index < -0.39 is 0 Å². The van der Waals surface area contributed by atoms with Crippen LogP contribution in [0.2, 0.25) is 0 Å². The summed E-state index contributed by atoms with van der Waals surface area (Å²) < 4.78 is 0. The minimum Gasteiger partial charge on any atom is -0.383 e. The summed E-state index contributed by atoms with van der Waals surface area (Å²) in [6, 6.07) is 14.2. The van der Waals surface area contributed by atoms with E-state index in [9.17, 15) is 5.26 Å². The maximum absolute atomic E-state index is 9.18. The molecule has 1 N–H and O–H groups in total. The van der Waals surface area contributed by atoms with Crippen LogP contribution in [0.5, 0.6) is 0 Å². The van der Waals surface area contributed by atoms with Crippen molar-refractivity contribution in [2.24, 2.45) is 0 Å². The maximum Gasteiger partial charge on any atom is 0.0998 e. The first-order valence-corrected chi connectivity index (χ1v) is 6.79. The van der Waals surface area contributed by atoms with Crippen LogP contribution in [-0.2, 0) is 0 Å². The smallest absolute Gasteiger partial charge is 0.0998 e. The molecule has 0 bridgehead atoms. The summed E-state index contributed by atoms with van der Waals surface area (Å²) in [6.45, 7) is 5.24. The first-order chi connectivity index (χ1) is 9.45. The van der Waals surface area contributed by atoms with Crippen molar-refractivity contribution >= 4 is 16.5 Å². The zero-order chi connectivity index (χ0) is 14.8. The van der Waals surface area contributed by atoms with Gasteiger partial charge in [-0.25, -0.2) is 0 Å².